The molecule has 0 aliphatic carbocycles. The molecule has 0 spiro atoms. The predicted octanol–water partition coefficient (Wildman–Crippen LogP) is 2.19. The molecule has 3 heterocycles. The molecule has 1 aromatic carbocycles. The Bertz CT molecular complexity index is 780. The van der Waals surface area contributed by atoms with Gasteiger partial charge in [-0.1, -0.05) is 11.6 Å². The van der Waals surface area contributed by atoms with Gasteiger partial charge in [-0.15, -0.1) is 10.2 Å². The van der Waals surface area contributed by atoms with Crippen LogP contribution in [0.1, 0.15) is 40.8 Å². The summed E-state index contributed by atoms with van der Waals surface area (Å²) in [5, 5.41) is 12.2. The normalized spacial score (nSPS) is 18.2. The Morgan fingerprint density at radius 1 is 1.20 bits per heavy atom. The van der Waals surface area contributed by atoms with E-state index in [1.165, 1.54) is 18.2 Å². The summed E-state index contributed by atoms with van der Waals surface area (Å²) in [6.45, 7) is 3.81. The zero-order valence-corrected chi connectivity index (χ0v) is 14.5. The first kappa shape index (κ1) is 16.5. The number of aromatic nitrogens is 3. The largest absolute Gasteiger partial charge is 0.339 e. The first-order valence-electron chi connectivity index (χ1n) is 8.50. The van der Waals surface area contributed by atoms with Crippen molar-refractivity contribution in [2.75, 3.05) is 19.6 Å². The molecular formula is C17H19ClFN5O. The van der Waals surface area contributed by atoms with Crippen molar-refractivity contribution in [2.24, 2.45) is 0 Å². The maximum absolute atomic E-state index is 13.5. The molecule has 0 unspecified atom stereocenters. The molecule has 1 fully saturated rings. The lowest BCUT2D eigenvalue weighted by molar-refractivity contribution is 0.0709. The number of amides is 1. The van der Waals surface area contributed by atoms with Gasteiger partial charge in [0.05, 0.1) is 6.54 Å². The van der Waals surface area contributed by atoms with E-state index in [0.29, 0.717) is 24.6 Å². The van der Waals surface area contributed by atoms with Crippen LogP contribution >= 0.6 is 11.6 Å². The van der Waals surface area contributed by atoms with Crippen LogP contribution in [0.2, 0.25) is 5.02 Å². The number of rotatable bonds is 2. The van der Waals surface area contributed by atoms with Crippen LogP contribution in [0.3, 0.4) is 0 Å². The van der Waals surface area contributed by atoms with Crippen molar-refractivity contribution in [3.63, 3.8) is 0 Å². The van der Waals surface area contributed by atoms with Crippen LogP contribution in [0.25, 0.3) is 0 Å². The summed E-state index contributed by atoms with van der Waals surface area (Å²) in [5.41, 5.74) is 0.300. The number of nitrogens with one attached hydrogen (secondary N) is 1. The van der Waals surface area contributed by atoms with E-state index in [4.69, 9.17) is 11.6 Å². The summed E-state index contributed by atoms with van der Waals surface area (Å²) < 4.78 is 15.7. The number of halogens is 2. The number of hydrogen-bond donors (Lipinski definition) is 1. The van der Waals surface area contributed by atoms with Crippen molar-refractivity contribution in [1.29, 1.82) is 0 Å². The van der Waals surface area contributed by atoms with Gasteiger partial charge < -0.3 is 14.8 Å². The van der Waals surface area contributed by atoms with Gasteiger partial charge >= 0.3 is 0 Å². The van der Waals surface area contributed by atoms with Gasteiger partial charge in [0.25, 0.3) is 5.91 Å². The van der Waals surface area contributed by atoms with E-state index in [0.717, 1.165) is 44.1 Å². The third-order valence-corrected chi connectivity index (χ3v) is 5.13. The molecule has 0 saturated carbocycles. The molecule has 4 rings (SSSR count). The van der Waals surface area contributed by atoms with Crippen molar-refractivity contribution in [3.8, 4) is 0 Å². The fourth-order valence-corrected chi connectivity index (χ4v) is 3.84. The molecule has 1 amide bonds. The quantitative estimate of drug-likeness (QED) is 0.888. The number of carbonyl (C=O) groups excluding carboxylic acids is 1. The second-order valence-corrected chi connectivity index (χ2v) is 6.96. The SMILES string of the molecule is O=C(c1cc(F)cc(Cl)c1)N1CCC(c2nnc3n2CCNC3)CC1. The van der Waals surface area contributed by atoms with Crippen molar-refractivity contribution in [3.05, 3.63) is 46.3 Å². The topological polar surface area (TPSA) is 63.1 Å². The van der Waals surface area contributed by atoms with Gasteiger partial charge in [-0.2, -0.15) is 0 Å². The standard InChI is InChI=1S/C17H19ClFN5O/c18-13-7-12(8-14(19)9-13)17(25)23-4-1-11(2-5-23)16-22-21-15-10-20-3-6-24(15)16/h7-9,11,20H,1-6,10H2. The molecule has 2 aromatic rings. The smallest absolute Gasteiger partial charge is 0.254 e. The van der Waals surface area contributed by atoms with Gasteiger partial charge in [-0.3, -0.25) is 4.79 Å². The second-order valence-electron chi connectivity index (χ2n) is 6.53. The maximum atomic E-state index is 13.5. The Labute approximate surface area is 150 Å². The van der Waals surface area contributed by atoms with E-state index in [2.05, 4.69) is 20.1 Å². The lowest BCUT2D eigenvalue weighted by Crippen LogP contribution is -2.39. The molecule has 0 bridgehead atoms. The average molecular weight is 364 g/mol. The lowest BCUT2D eigenvalue weighted by atomic mass is 9.95. The number of piperidine rings is 1. The van der Waals surface area contributed by atoms with E-state index in [1.54, 1.807) is 4.90 Å². The van der Waals surface area contributed by atoms with Crippen LogP contribution in [0.15, 0.2) is 18.2 Å². The third-order valence-electron chi connectivity index (χ3n) is 4.91. The Balaban J connectivity index is 1.44. The molecule has 8 heteroatoms. The highest BCUT2D eigenvalue weighted by atomic mass is 35.5. The summed E-state index contributed by atoms with van der Waals surface area (Å²) in [6.07, 6.45) is 1.67. The Kier molecular flexibility index (Phi) is 4.43. The van der Waals surface area contributed by atoms with E-state index < -0.39 is 5.82 Å². The summed E-state index contributed by atoms with van der Waals surface area (Å²) >= 11 is 5.86. The number of nitrogens with zero attached hydrogens (tertiary/aromatic N) is 4. The molecule has 6 nitrogen and oxygen atoms in total. The van der Waals surface area contributed by atoms with Crippen LogP contribution in [0.5, 0.6) is 0 Å². The van der Waals surface area contributed by atoms with E-state index in [1.807, 2.05) is 0 Å². The highest BCUT2D eigenvalue weighted by Crippen LogP contribution is 2.29. The highest BCUT2D eigenvalue weighted by molar-refractivity contribution is 6.31. The van der Waals surface area contributed by atoms with Crippen LogP contribution in [0.4, 0.5) is 4.39 Å². The van der Waals surface area contributed by atoms with Gasteiger partial charge in [0.1, 0.15) is 17.5 Å². The molecule has 2 aliphatic heterocycles. The van der Waals surface area contributed by atoms with Gasteiger partial charge in [0.2, 0.25) is 0 Å². The Morgan fingerprint density at radius 2 is 2.00 bits per heavy atom. The fourth-order valence-electron chi connectivity index (χ4n) is 3.62. The average Bonchev–Trinajstić information content (AvgIpc) is 3.04. The molecule has 132 valence electrons. The minimum Gasteiger partial charge on any atom is -0.339 e. The second kappa shape index (κ2) is 6.72. The van der Waals surface area contributed by atoms with E-state index in [9.17, 15) is 9.18 Å². The summed E-state index contributed by atoms with van der Waals surface area (Å²) in [7, 11) is 0. The minimum absolute atomic E-state index is 0.174. The van der Waals surface area contributed by atoms with Crippen molar-refractivity contribution < 1.29 is 9.18 Å². The minimum atomic E-state index is -0.491. The molecule has 1 N–H and O–H groups in total. The molecule has 0 radical (unpaired) electrons. The molecule has 1 saturated heterocycles. The summed E-state index contributed by atoms with van der Waals surface area (Å²) in [6, 6.07) is 3.96. The van der Waals surface area contributed by atoms with Gasteiger partial charge in [-0.25, -0.2) is 4.39 Å². The zero-order valence-electron chi connectivity index (χ0n) is 13.7. The van der Waals surface area contributed by atoms with E-state index >= 15 is 0 Å². The van der Waals surface area contributed by atoms with E-state index in [-0.39, 0.29) is 10.9 Å². The monoisotopic (exact) mass is 363 g/mol. The molecule has 1 aromatic heterocycles. The van der Waals surface area contributed by atoms with Gasteiger partial charge in [0.15, 0.2) is 0 Å². The summed E-state index contributed by atoms with van der Waals surface area (Å²) in [4.78, 5) is 14.3. The number of fused-ring (bicyclic) bond motifs is 1. The first-order valence-corrected chi connectivity index (χ1v) is 8.87. The maximum Gasteiger partial charge on any atom is 0.254 e. The van der Waals surface area contributed by atoms with Crippen molar-refractivity contribution in [2.45, 2.75) is 31.8 Å². The highest BCUT2D eigenvalue weighted by Gasteiger charge is 2.29. The first-order chi connectivity index (χ1) is 12.1. The Morgan fingerprint density at radius 3 is 2.76 bits per heavy atom. The van der Waals surface area contributed by atoms with Crippen LogP contribution < -0.4 is 5.32 Å². The van der Waals surface area contributed by atoms with Crippen LogP contribution in [-0.2, 0) is 13.1 Å². The number of benzene rings is 1. The van der Waals surface area contributed by atoms with Gasteiger partial charge in [0, 0.05) is 42.7 Å². The number of carbonyl (C=O) groups is 1. The van der Waals surface area contributed by atoms with Crippen LogP contribution in [0, 0.1) is 5.82 Å². The molecular weight excluding hydrogens is 345 g/mol. The predicted molar refractivity (Wildman–Crippen MR) is 91.0 cm³/mol. The van der Waals surface area contributed by atoms with Gasteiger partial charge in [-0.05, 0) is 31.0 Å². The lowest BCUT2D eigenvalue weighted by Gasteiger charge is -2.32. The fraction of sp³-hybridized carbons (Fsp3) is 0.471. The van der Waals surface area contributed by atoms with Crippen LogP contribution in [-0.4, -0.2) is 45.2 Å². The molecule has 2 aliphatic rings. The summed E-state index contributed by atoms with van der Waals surface area (Å²) in [5.74, 6) is 1.65. The number of likely N-dealkylation sites (tertiary alicyclic amines) is 1. The van der Waals surface area contributed by atoms with Crippen molar-refractivity contribution >= 4 is 17.5 Å². The van der Waals surface area contributed by atoms with Crippen molar-refractivity contribution in [1.82, 2.24) is 25.0 Å². The molecule has 0 atom stereocenters. The third kappa shape index (κ3) is 3.26. The Hall–Kier alpha value is -1.99. The molecule has 25 heavy (non-hydrogen) atoms. The zero-order chi connectivity index (χ0) is 17.4. The number of hydrogen-bond acceptors (Lipinski definition) is 4.